The van der Waals surface area contributed by atoms with Crippen LogP contribution in [0, 0.1) is 0 Å². The van der Waals surface area contributed by atoms with Gasteiger partial charge in [0.25, 0.3) is 0 Å². The number of hydrogen-bond donors (Lipinski definition) is 2. The van der Waals surface area contributed by atoms with Crippen LogP contribution in [-0.4, -0.2) is 29.6 Å². The minimum atomic E-state index is -0.0811. The highest BCUT2D eigenvalue weighted by Crippen LogP contribution is 2.25. The van der Waals surface area contributed by atoms with Crippen molar-refractivity contribution in [3.8, 4) is 0 Å². The van der Waals surface area contributed by atoms with Gasteiger partial charge < -0.3 is 20.5 Å². The number of aliphatic imine (C=N–C) groups is 1. The van der Waals surface area contributed by atoms with Gasteiger partial charge in [-0.25, -0.2) is 9.98 Å². The Hall–Kier alpha value is -1.92. The lowest BCUT2D eigenvalue weighted by Gasteiger charge is -2.16. The van der Waals surface area contributed by atoms with E-state index in [-0.39, 0.29) is 6.04 Å². The van der Waals surface area contributed by atoms with Crippen molar-refractivity contribution in [1.29, 1.82) is 0 Å². The smallest absolute Gasteiger partial charge is 0.204 e. The van der Waals surface area contributed by atoms with E-state index in [9.17, 15) is 0 Å². The molecule has 1 aromatic carbocycles. The van der Waals surface area contributed by atoms with Gasteiger partial charge in [0.1, 0.15) is 0 Å². The fourth-order valence-corrected chi connectivity index (χ4v) is 2.93. The van der Waals surface area contributed by atoms with Crippen LogP contribution < -0.4 is 16.0 Å². The predicted octanol–water partition coefficient (Wildman–Crippen LogP) is 2.96. The first-order valence-electron chi connectivity index (χ1n) is 7.49. The molecule has 6 nitrogen and oxygen atoms in total. The molecule has 2 aromatic rings. The summed E-state index contributed by atoms with van der Waals surface area (Å²) in [5.74, 6) is 1.22. The number of halogens is 2. The van der Waals surface area contributed by atoms with Gasteiger partial charge in [-0.1, -0.05) is 29.3 Å². The molecule has 1 aromatic heterocycles. The number of nitrogens with zero attached hydrogens (tertiary/aromatic N) is 4. The van der Waals surface area contributed by atoms with Gasteiger partial charge in [0, 0.05) is 31.2 Å². The number of anilines is 1. The zero-order valence-electron chi connectivity index (χ0n) is 14.2. The monoisotopic (exact) mass is 368 g/mol. The van der Waals surface area contributed by atoms with Gasteiger partial charge in [0.2, 0.25) is 5.95 Å². The average Bonchev–Trinajstić information content (AvgIpc) is 2.86. The van der Waals surface area contributed by atoms with Crippen molar-refractivity contribution in [3.63, 3.8) is 0 Å². The van der Waals surface area contributed by atoms with Crippen LogP contribution >= 0.6 is 23.2 Å². The minimum Gasteiger partial charge on any atom is -0.370 e. The van der Waals surface area contributed by atoms with Gasteiger partial charge in [-0.3, -0.25) is 0 Å². The Labute approximate surface area is 152 Å². The van der Waals surface area contributed by atoms with Crippen LogP contribution in [-0.2, 0) is 13.6 Å². The van der Waals surface area contributed by atoms with Crippen LogP contribution in [0.5, 0.6) is 0 Å². The summed E-state index contributed by atoms with van der Waals surface area (Å²) in [4.78, 5) is 10.7. The molecule has 1 atom stereocenters. The SMILES string of the molecule is CC(NC(N)=NCc1cnc(N(C)C)n1C)c1ccc(Cl)cc1Cl. The second-order valence-electron chi connectivity index (χ2n) is 5.74. The molecule has 0 bridgehead atoms. The van der Waals surface area contributed by atoms with Crippen molar-refractivity contribution in [2.45, 2.75) is 19.5 Å². The maximum absolute atomic E-state index is 6.21. The lowest BCUT2D eigenvalue weighted by Crippen LogP contribution is -2.34. The third-order valence-corrected chi connectivity index (χ3v) is 4.23. The van der Waals surface area contributed by atoms with Crippen molar-refractivity contribution in [2.24, 2.45) is 17.8 Å². The third-order valence-electron chi connectivity index (χ3n) is 3.66. The maximum atomic E-state index is 6.21. The average molecular weight is 369 g/mol. The summed E-state index contributed by atoms with van der Waals surface area (Å²) in [6.45, 7) is 2.41. The zero-order valence-corrected chi connectivity index (χ0v) is 15.7. The van der Waals surface area contributed by atoms with E-state index in [2.05, 4.69) is 15.3 Å². The molecule has 0 spiro atoms. The molecule has 0 aliphatic rings. The summed E-state index contributed by atoms with van der Waals surface area (Å²) in [6.07, 6.45) is 1.80. The summed E-state index contributed by atoms with van der Waals surface area (Å²) in [7, 11) is 5.85. The fraction of sp³-hybridized carbons (Fsp3) is 0.375. The third kappa shape index (κ3) is 4.33. The highest BCUT2D eigenvalue weighted by atomic mass is 35.5. The molecule has 24 heavy (non-hydrogen) atoms. The van der Waals surface area contributed by atoms with Gasteiger partial charge in [-0.15, -0.1) is 0 Å². The Morgan fingerprint density at radius 1 is 1.42 bits per heavy atom. The zero-order chi connectivity index (χ0) is 17.9. The van der Waals surface area contributed by atoms with Crippen molar-refractivity contribution < 1.29 is 0 Å². The van der Waals surface area contributed by atoms with E-state index in [1.165, 1.54) is 0 Å². The predicted molar refractivity (Wildman–Crippen MR) is 101 cm³/mol. The summed E-state index contributed by atoms with van der Waals surface area (Å²) < 4.78 is 1.98. The second-order valence-corrected chi connectivity index (χ2v) is 6.58. The number of benzene rings is 1. The molecule has 0 fully saturated rings. The number of hydrogen-bond acceptors (Lipinski definition) is 3. The highest BCUT2D eigenvalue weighted by Gasteiger charge is 2.11. The van der Waals surface area contributed by atoms with E-state index in [1.54, 1.807) is 18.3 Å². The van der Waals surface area contributed by atoms with Gasteiger partial charge in [0.15, 0.2) is 5.96 Å². The van der Waals surface area contributed by atoms with E-state index in [4.69, 9.17) is 28.9 Å². The lowest BCUT2D eigenvalue weighted by molar-refractivity contribution is 0.705. The molecule has 130 valence electrons. The Bertz CT molecular complexity index is 738. The van der Waals surface area contributed by atoms with Crippen molar-refractivity contribution >= 4 is 35.1 Å². The number of aromatic nitrogens is 2. The molecule has 0 aliphatic carbocycles. The lowest BCUT2D eigenvalue weighted by atomic mass is 10.1. The highest BCUT2D eigenvalue weighted by molar-refractivity contribution is 6.35. The summed E-state index contributed by atoms with van der Waals surface area (Å²) in [6, 6.07) is 5.30. The van der Waals surface area contributed by atoms with Crippen molar-refractivity contribution in [3.05, 3.63) is 45.7 Å². The van der Waals surface area contributed by atoms with Crippen LogP contribution in [0.25, 0.3) is 0 Å². The molecule has 0 saturated carbocycles. The Balaban J connectivity index is 2.03. The van der Waals surface area contributed by atoms with Gasteiger partial charge in [-0.2, -0.15) is 0 Å². The van der Waals surface area contributed by atoms with Gasteiger partial charge in [-0.05, 0) is 24.6 Å². The molecule has 8 heteroatoms. The van der Waals surface area contributed by atoms with Crippen LogP contribution in [0.2, 0.25) is 10.0 Å². The topological polar surface area (TPSA) is 71.5 Å². The van der Waals surface area contributed by atoms with Crippen LogP contribution in [0.15, 0.2) is 29.4 Å². The van der Waals surface area contributed by atoms with E-state index in [0.29, 0.717) is 22.5 Å². The molecule has 3 N–H and O–H groups in total. The Kier molecular flexibility index (Phi) is 5.96. The van der Waals surface area contributed by atoms with Gasteiger partial charge >= 0.3 is 0 Å². The number of imidazole rings is 1. The standard InChI is InChI=1S/C16H22Cl2N6/c1-10(13-6-5-11(17)7-14(13)18)22-15(19)20-8-12-9-21-16(23(2)3)24(12)4/h5-7,9-10H,8H2,1-4H3,(H3,19,20,22). The first kappa shape index (κ1) is 18.4. The van der Waals surface area contributed by atoms with Crippen LogP contribution in [0.3, 0.4) is 0 Å². The molecular weight excluding hydrogens is 347 g/mol. The summed E-state index contributed by atoms with van der Waals surface area (Å²) in [5, 5.41) is 4.33. The van der Waals surface area contributed by atoms with Crippen LogP contribution in [0.4, 0.5) is 5.95 Å². The Morgan fingerprint density at radius 3 is 2.71 bits per heavy atom. The van der Waals surface area contributed by atoms with E-state index in [1.807, 2.05) is 43.6 Å². The molecule has 0 radical (unpaired) electrons. The summed E-state index contributed by atoms with van der Waals surface area (Å²) >= 11 is 12.1. The molecular formula is C16H22Cl2N6. The first-order valence-corrected chi connectivity index (χ1v) is 8.24. The minimum absolute atomic E-state index is 0.0811. The normalized spacial score (nSPS) is 13.0. The number of nitrogens with one attached hydrogen (secondary N) is 1. The first-order chi connectivity index (χ1) is 11.3. The van der Waals surface area contributed by atoms with Crippen molar-refractivity contribution in [2.75, 3.05) is 19.0 Å². The van der Waals surface area contributed by atoms with E-state index < -0.39 is 0 Å². The second kappa shape index (κ2) is 7.77. The van der Waals surface area contributed by atoms with Crippen LogP contribution in [0.1, 0.15) is 24.2 Å². The molecule has 1 heterocycles. The number of nitrogens with two attached hydrogens (primary N) is 1. The molecule has 0 saturated heterocycles. The number of rotatable bonds is 5. The molecule has 2 rings (SSSR count). The molecule has 1 unspecified atom stereocenters. The molecule has 0 amide bonds. The molecule has 0 aliphatic heterocycles. The number of guanidine groups is 1. The Morgan fingerprint density at radius 2 is 2.12 bits per heavy atom. The van der Waals surface area contributed by atoms with Crippen molar-refractivity contribution in [1.82, 2.24) is 14.9 Å². The quantitative estimate of drug-likeness (QED) is 0.628. The fourth-order valence-electron chi connectivity index (χ4n) is 2.36. The van der Waals surface area contributed by atoms with E-state index in [0.717, 1.165) is 17.2 Å². The summed E-state index contributed by atoms with van der Waals surface area (Å²) in [5.41, 5.74) is 7.87. The van der Waals surface area contributed by atoms with E-state index >= 15 is 0 Å². The van der Waals surface area contributed by atoms with Gasteiger partial charge in [0.05, 0.1) is 24.5 Å². The largest absolute Gasteiger partial charge is 0.370 e. The maximum Gasteiger partial charge on any atom is 0.204 e.